The smallest absolute Gasteiger partial charge is 0.294 e. The van der Waals surface area contributed by atoms with Crippen LogP contribution in [-0.2, 0) is 17.8 Å². The number of pyridine rings is 1. The lowest BCUT2D eigenvalue weighted by molar-refractivity contribution is -0.757. The van der Waals surface area contributed by atoms with E-state index in [0.29, 0.717) is 6.61 Å². The third kappa shape index (κ3) is 6.69. The number of hydrogen-bond acceptors (Lipinski definition) is 7. The minimum absolute atomic E-state index is 0.211. The molecule has 5 rings (SSSR count). The van der Waals surface area contributed by atoms with Gasteiger partial charge in [-0.2, -0.15) is 4.57 Å². The summed E-state index contributed by atoms with van der Waals surface area (Å²) in [4.78, 5) is 14.5. The van der Waals surface area contributed by atoms with Crippen molar-refractivity contribution in [3.8, 4) is 34.3 Å². The van der Waals surface area contributed by atoms with Crippen molar-refractivity contribution in [1.29, 1.82) is 0 Å². The number of aryl methyl sites for hydroxylation is 2. The van der Waals surface area contributed by atoms with E-state index in [1.54, 1.807) is 7.11 Å². The topological polar surface area (TPSA) is 93.2 Å². The molecular weight excluding hydrogens is 512 g/mol. The Morgan fingerprint density at radius 1 is 0.900 bits per heavy atom. The number of hydrogen-bond donors (Lipinski definition) is 0. The number of nitrogens with zero attached hydrogens (tertiary/aromatic N) is 2. The summed E-state index contributed by atoms with van der Waals surface area (Å²) in [6, 6.07) is 10.6. The molecule has 2 aliphatic heterocycles. The second kappa shape index (κ2) is 13.5. The number of methoxy groups -OCH3 is 1. The van der Waals surface area contributed by atoms with Gasteiger partial charge in [-0.05, 0) is 48.1 Å². The molecule has 0 atom stereocenters. The molecule has 0 saturated carbocycles. The van der Waals surface area contributed by atoms with Crippen LogP contribution in [-0.4, -0.2) is 32.2 Å². The number of unbranched alkanes of at least 4 members (excludes halogenated alkanes) is 9. The Morgan fingerprint density at radius 2 is 1.57 bits per heavy atom. The van der Waals surface area contributed by atoms with E-state index < -0.39 is 5.09 Å². The van der Waals surface area contributed by atoms with Crippen molar-refractivity contribution in [2.24, 2.45) is 0 Å². The average Bonchev–Trinajstić information content (AvgIpc) is 3.42. The van der Waals surface area contributed by atoms with E-state index in [0.717, 1.165) is 78.8 Å². The van der Waals surface area contributed by atoms with Crippen LogP contribution >= 0.6 is 0 Å². The number of fused-ring (bicyclic) bond motifs is 5. The predicted molar refractivity (Wildman–Crippen MR) is 151 cm³/mol. The average molecular weight is 552 g/mol. The maximum absolute atomic E-state index is 10.1. The molecule has 2 aliphatic rings. The van der Waals surface area contributed by atoms with Gasteiger partial charge in [0.05, 0.1) is 31.3 Å². The van der Waals surface area contributed by atoms with Gasteiger partial charge in [0.2, 0.25) is 12.5 Å². The standard InChI is InChI=1S/C31H39N2O7/c1-36-28-13-12-23-18-27-25-20-30-29(38-22-39-30)19-24(25)14-15-32(27)21-26(23)31(28)37-16-10-8-6-4-2-3-5-7-9-11-17-40-33(34)35/h12-13,18-21H,2-11,14-17,22H2,1H3/q+1. The molecule has 0 saturated heterocycles. The quantitative estimate of drug-likeness (QED) is 0.0860. The Kier molecular flexibility index (Phi) is 9.42. The van der Waals surface area contributed by atoms with Crippen LogP contribution in [0.2, 0.25) is 0 Å². The molecule has 0 radical (unpaired) electrons. The minimum Gasteiger partial charge on any atom is -0.493 e. The summed E-state index contributed by atoms with van der Waals surface area (Å²) in [6.45, 7) is 2.05. The lowest BCUT2D eigenvalue weighted by Crippen LogP contribution is -2.40. The van der Waals surface area contributed by atoms with Crippen LogP contribution < -0.4 is 23.5 Å². The fraction of sp³-hybridized carbons (Fsp3) is 0.516. The maximum Gasteiger partial charge on any atom is 0.294 e. The first-order chi connectivity index (χ1) is 19.6. The Bertz CT molecular complexity index is 1330. The third-order valence-corrected chi connectivity index (χ3v) is 7.78. The molecule has 214 valence electrons. The molecule has 0 bridgehead atoms. The molecule has 0 N–H and O–H groups in total. The number of rotatable bonds is 16. The molecule has 0 fully saturated rings. The van der Waals surface area contributed by atoms with Crippen molar-refractivity contribution in [1.82, 2.24) is 0 Å². The Balaban J connectivity index is 1.10. The molecule has 3 aromatic rings. The molecule has 3 heterocycles. The molecule has 9 nitrogen and oxygen atoms in total. The second-order valence-electron chi connectivity index (χ2n) is 10.5. The Hall–Kier alpha value is -3.75. The van der Waals surface area contributed by atoms with E-state index in [1.165, 1.54) is 48.9 Å². The van der Waals surface area contributed by atoms with Gasteiger partial charge in [-0.15, -0.1) is 10.1 Å². The first-order valence-electron chi connectivity index (χ1n) is 14.5. The van der Waals surface area contributed by atoms with Gasteiger partial charge in [0, 0.05) is 12.5 Å². The van der Waals surface area contributed by atoms with Crippen LogP contribution in [0, 0.1) is 10.1 Å². The predicted octanol–water partition coefficient (Wildman–Crippen LogP) is 6.58. The summed E-state index contributed by atoms with van der Waals surface area (Å²) in [5.74, 6) is 3.22. The van der Waals surface area contributed by atoms with Gasteiger partial charge in [-0.1, -0.05) is 51.4 Å². The van der Waals surface area contributed by atoms with E-state index in [2.05, 4.69) is 39.9 Å². The van der Waals surface area contributed by atoms with E-state index in [-0.39, 0.29) is 13.4 Å². The molecule has 2 aromatic carbocycles. The SMILES string of the molecule is COc1ccc2cc3[n+](cc2c1OCCCCCCCCCCCCO[N+](=O)[O-])CCc1cc2c(cc1-3)OCO2. The number of aromatic nitrogens is 1. The van der Waals surface area contributed by atoms with Crippen LogP contribution in [0.3, 0.4) is 0 Å². The lowest BCUT2D eigenvalue weighted by Gasteiger charge is -2.18. The summed E-state index contributed by atoms with van der Waals surface area (Å²) >= 11 is 0. The first kappa shape index (κ1) is 27.8. The zero-order valence-electron chi connectivity index (χ0n) is 23.3. The van der Waals surface area contributed by atoms with Gasteiger partial charge in [-0.3, -0.25) is 0 Å². The first-order valence-corrected chi connectivity index (χ1v) is 14.5. The Labute approximate surface area is 235 Å². The molecule has 0 amide bonds. The molecule has 0 spiro atoms. The highest BCUT2D eigenvalue weighted by Crippen LogP contribution is 2.41. The number of benzene rings is 2. The summed E-state index contributed by atoms with van der Waals surface area (Å²) in [7, 11) is 1.69. The number of ether oxygens (including phenoxy) is 4. The highest BCUT2D eigenvalue weighted by atomic mass is 16.9. The molecule has 40 heavy (non-hydrogen) atoms. The van der Waals surface area contributed by atoms with Gasteiger partial charge in [-0.25, -0.2) is 0 Å². The third-order valence-electron chi connectivity index (χ3n) is 7.78. The van der Waals surface area contributed by atoms with E-state index in [1.807, 2.05) is 6.07 Å². The summed E-state index contributed by atoms with van der Waals surface area (Å²) in [5.41, 5.74) is 3.65. The van der Waals surface area contributed by atoms with Gasteiger partial charge in [0.1, 0.15) is 0 Å². The normalized spacial score (nSPS) is 13.1. The summed E-state index contributed by atoms with van der Waals surface area (Å²) in [6.07, 6.45) is 14.2. The molecule has 0 aliphatic carbocycles. The minimum atomic E-state index is -0.717. The van der Waals surface area contributed by atoms with E-state index in [9.17, 15) is 10.1 Å². The monoisotopic (exact) mass is 551 g/mol. The van der Waals surface area contributed by atoms with E-state index in [4.69, 9.17) is 18.9 Å². The van der Waals surface area contributed by atoms with Crippen molar-refractivity contribution in [2.75, 3.05) is 27.1 Å². The lowest BCUT2D eigenvalue weighted by atomic mass is 9.95. The Morgan fingerprint density at radius 3 is 2.27 bits per heavy atom. The molecule has 9 heteroatoms. The van der Waals surface area contributed by atoms with Crippen molar-refractivity contribution in [3.63, 3.8) is 0 Å². The van der Waals surface area contributed by atoms with Crippen molar-refractivity contribution in [3.05, 3.63) is 52.2 Å². The highest BCUT2D eigenvalue weighted by molar-refractivity contribution is 5.91. The zero-order valence-corrected chi connectivity index (χ0v) is 23.3. The van der Waals surface area contributed by atoms with Crippen LogP contribution in [0.1, 0.15) is 69.8 Å². The molecular formula is C31H39N2O7+. The van der Waals surface area contributed by atoms with E-state index >= 15 is 0 Å². The fourth-order valence-electron chi connectivity index (χ4n) is 5.64. The summed E-state index contributed by atoms with van der Waals surface area (Å²) in [5, 5.41) is 11.6. The van der Waals surface area contributed by atoms with Gasteiger partial charge in [0.15, 0.2) is 35.7 Å². The van der Waals surface area contributed by atoms with Crippen molar-refractivity contribution < 1.29 is 33.4 Å². The van der Waals surface area contributed by atoms with Crippen molar-refractivity contribution >= 4 is 10.8 Å². The molecule has 0 unspecified atom stereocenters. The zero-order chi connectivity index (χ0) is 27.7. The van der Waals surface area contributed by atoms with Crippen molar-refractivity contribution in [2.45, 2.75) is 77.2 Å². The fourth-order valence-corrected chi connectivity index (χ4v) is 5.64. The second-order valence-corrected chi connectivity index (χ2v) is 10.5. The van der Waals surface area contributed by atoms with Crippen LogP contribution in [0.25, 0.3) is 22.0 Å². The summed E-state index contributed by atoms with van der Waals surface area (Å²) < 4.78 is 25.6. The maximum atomic E-state index is 10.1. The van der Waals surface area contributed by atoms with Gasteiger partial charge >= 0.3 is 0 Å². The largest absolute Gasteiger partial charge is 0.493 e. The molecule has 1 aromatic heterocycles. The highest BCUT2D eigenvalue weighted by Gasteiger charge is 2.28. The van der Waals surface area contributed by atoms with Crippen LogP contribution in [0.5, 0.6) is 23.0 Å². The van der Waals surface area contributed by atoms with Crippen LogP contribution in [0.4, 0.5) is 0 Å². The van der Waals surface area contributed by atoms with Gasteiger partial charge < -0.3 is 23.8 Å². The van der Waals surface area contributed by atoms with Gasteiger partial charge in [0.25, 0.3) is 5.09 Å². The van der Waals surface area contributed by atoms with Crippen LogP contribution in [0.15, 0.2) is 36.5 Å².